The first-order valence-electron chi connectivity index (χ1n) is 9.04. The van der Waals surface area contributed by atoms with Gasteiger partial charge in [-0.15, -0.1) is 0 Å². The molecule has 0 bridgehead atoms. The van der Waals surface area contributed by atoms with Crippen molar-refractivity contribution in [3.63, 3.8) is 0 Å². The Hall–Kier alpha value is -1.73. The van der Waals surface area contributed by atoms with Gasteiger partial charge in [0.1, 0.15) is 0 Å². The van der Waals surface area contributed by atoms with E-state index >= 15 is 0 Å². The molecule has 0 radical (unpaired) electrons. The number of hydrogen-bond donors (Lipinski definition) is 0. The third-order valence-electron chi connectivity index (χ3n) is 4.06. The van der Waals surface area contributed by atoms with Gasteiger partial charge in [-0.25, -0.2) is 0 Å². The van der Waals surface area contributed by atoms with E-state index in [4.69, 9.17) is 4.99 Å². The number of rotatable bonds is 8. The standard InChI is InChI=1S/C22H28N2.Ni/c1-4-7-12-22(24-21-14-9-11-19(6-3)16-21)17-23-20-13-8-10-18(5-2)15-20;/h8-11,13-17H,4-7,12H2,1-3H3;/b23-17+,24-22+;. The van der Waals surface area contributed by atoms with Gasteiger partial charge >= 0.3 is 0 Å². The molecule has 3 heteroatoms. The molecule has 0 aliphatic carbocycles. The molecule has 0 amide bonds. The minimum absolute atomic E-state index is 0. The van der Waals surface area contributed by atoms with Gasteiger partial charge in [-0.3, -0.25) is 9.98 Å². The molecular formula is C22H28N2Ni. The van der Waals surface area contributed by atoms with E-state index in [0.29, 0.717) is 0 Å². The maximum absolute atomic E-state index is 4.83. The molecule has 0 unspecified atom stereocenters. The molecule has 2 nitrogen and oxygen atoms in total. The third-order valence-corrected chi connectivity index (χ3v) is 4.06. The molecule has 0 saturated carbocycles. The number of aryl methyl sites for hydroxylation is 2. The van der Waals surface area contributed by atoms with E-state index in [1.165, 1.54) is 11.1 Å². The summed E-state index contributed by atoms with van der Waals surface area (Å²) in [5.74, 6) is 0. The van der Waals surface area contributed by atoms with Crippen LogP contribution in [0.15, 0.2) is 58.5 Å². The molecule has 0 N–H and O–H groups in total. The summed E-state index contributed by atoms with van der Waals surface area (Å²) in [6, 6.07) is 16.9. The van der Waals surface area contributed by atoms with Crippen molar-refractivity contribution in [3.05, 3.63) is 59.7 Å². The van der Waals surface area contributed by atoms with E-state index in [0.717, 1.165) is 49.2 Å². The molecule has 0 atom stereocenters. The minimum Gasteiger partial charge on any atom is -0.255 e. The molecule has 2 aromatic rings. The predicted octanol–water partition coefficient (Wildman–Crippen LogP) is 6.47. The van der Waals surface area contributed by atoms with Crippen molar-refractivity contribution in [3.8, 4) is 0 Å². The zero-order chi connectivity index (χ0) is 17.2. The molecule has 0 aliphatic rings. The molecule has 0 spiro atoms. The van der Waals surface area contributed by atoms with Crippen molar-refractivity contribution in [1.82, 2.24) is 0 Å². The summed E-state index contributed by atoms with van der Waals surface area (Å²) in [4.78, 5) is 9.48. The maximum Gasteiger partial charge on any atom is 0.0636 e. The second kappa shape index (κ2) is 11.8. The topological polar surface area (TPSA) is 24.7 Å². The molecule has 0 heterocycles. The zero-order valence-electron chi connectivity index (χ0n) is 15.4. The van der Waals surface area contributed by atoms with E-state index in [2.05, 4.69) is 68.2 Å². The smallest absolute Gasteiger partial charge is 0.0636 e. The van der Waals surface area contributed by atoms with E-state index in [-0.39, 0.29) is 16.5 Å². The number of benzene rings is 2. The number of nitrogens with zero attached hydrogens (tertiary/aromatic N) is 2. The normalized spacial score (nSPS) is 11.6. The Morgan fingerprint density at radius 3 is 2.08 bits per heavy atom. The Morgan fingerprint density at radius 2 is 1.48 bits per heavy atom. The Bertz CT molecular complexity index is 705. The van der Waals surface area contributed by atoms with Gasteiger partial charge in [0.2, 0.25) is 0 Å². The van der Waals surface area contributed by atoms with Crippen molar-refractivity contribution >= 4 is 23.3 Å². The van der Waals surface area contributed by atoms with Gasteiger partial charge in [0, 0.05) is 22.7 Å². The Morgan fingerprint density at radius 1 is 0.880 bits per heavy atom. The number of aliphatic imine (C=N–C) groups is 2. The Kier molecular flexibility index (Phi) is 10.0. The van der Waals surface area contributed by atoms with Crippen molar-refractivity contribution < 1.29 is 16.5 Å². The van der Waals surface area contributed by atoms with Gasteiger partial charge in [-0.2, -0.15) is 0 Å². The van der Waals surface area contributed by atoms with Crippen molar-refractivity contribution in [1.29, 1.82) is 0 Å². The van der Waals surface area contributed by atoms with Crippen LogP contribution in [-0.4, -0.2) is 11.9 Å². The Labute approximate surface area is 162 Å². The average Bonchev–Trinajstić information content (AvgIpc) is 2.64. The Balaban J connectivity index is 0.00000312. The summed E-state index contributed by atoms with van der Waals surface area (Å²) in [6.07, 6.45) is 7.25. The van der Waals surface area contributed by atoms with Gasteiger partial charge in [0.05, 0.1) is 17.1 Å². The molecule has 25 heavy (non-hydrogen) atoms. The largest absolute Gasteiger partial charge is 0.255 e. The van der Waals surface area contributed by atoms with E-state index in [9.17, 15) is 0 Å². The van der Waals surface area contributed by atoms with Gasteiger partial charge in [-0.05, 0) is 61.1 Å². The van der Waals surface area contributed by atoms with Crippen LogP contribution in [0.5, 0.6) is 0 Å². The van der Waals surface area contributed by atoms with Crippen LogP contribution in [0.2, 0.25) is 0 Å². The van der Waals surface area contributed by atoms with Crippen molar-refractivity contribution in [2.75, 3.05) is 0 Å². The van der Waals surface area contributed by atoms with Crippen LogP contribution in [0.3, 0.4) is 0 Å². The fourth-order valence-corrected chi connectivity index (χ4v) is 2.52. The summed E-state index contributed by atoms with van der Waals surface area (Å²) >= 11 is 0. The first-order valence-corrected chi connectivity index (χ1v) is 9.04. The second-order valence-corrected chi connectivity index (χ2v) is 6.01. The average molecular weight is 379 g/mol. The SMILES string of the molecule is CCCCC(/C=N/c1cccc(CC)c1)=N\c1cccc(CC)c1.[Ni]. The van der Waals surface area contributed by atoms with E-state index in [1.807, 2.05) is 12.3 Å². The van der Waals surface area contributed by atoms with Crippen LogP contribution in [0.4, 0.5) is 11.4 Å². The summed E-state index contributed by atoms with van der Waals surface area (Å²) < 4.78 is 0. The van der Waals surface area contributed by atoms with Gasteiger partial charge in [0.15, 0.2) is 0 Å². The first kappa shape index (κ1) is 21.3. The number of hydrogen-bond acceptors (Lipinski definition) is 2. The van der Waals surface area contributed by atoms with Crippen LogP contribution in [-0.2, 0) is 29.3 Å². The van der Waals surface area contributed by atoms with Crippen molar-refractivity contribution in [2.24, 2.45) is 9.98 Å². The quantitative estimate of drug-likeness (QED) is 0.371. The van der Waals surface area contributed by atoms with Crippen LogP contribution in [0.1, 0.15) is 51.2 Å². The van der Waals surface area contributed by atoms with Gasteiger partial charge in [-0.1, -0.05) is 51.5 Å². The fourth-order valence-electron chi connectivity index (χ4n) is 2.52. The van der Waals surface area contributed by atoms with Crippen molar-refractivity contribution in [2.45, 2.75) is 52.9 Å². The number of unbranched alkanes of at least 4 members (excludes halogenated alkanes) is 1. The van der Waals surface area contributed by atoms with Crippen LogP contribution >= 0.6 is 0 Å². The predicted molar refractivity (Wildman–Crippen MR) is 106 cm³/mol. The second-order valence-electron chi connectivity index (χ2n) is 6.01. The maximum atomic E-state index is 4.83. The minimum atomic E-state index is 0. The molecule has 0 aromatic heterocycles. The van der Waals surface area contributed by atoms with Crippen LogP contribution in [0.25, 0.3) is 0 Å². The monoisotopic (exact) mass is 378 g/mol. The van der Waals surface area contributed by atoms with E-state index < -0.39 is 0 Å². The summed E-state index contributed by atoms with van der Waals surface area (Å²) in [5.41, 5.74) is 5.70. The molecule has 0 aliphatic heterocycles. The van der Waals surface area contributed by atoms with Crippen LogP contribution < -0.4 is 0 Å². The summed E-state index contributed by atoms with van der Waals surface area (Å²) in [6.45, 7) is 6.54. The molecular weight excluding hydrogens is 351 g/mol. The molecule has 2 rings (SSSR count). The van der Waals surface area contributed by atoms with Gasteiger partial charge in [0.25, 0.3) is 0 Å². The third kappa shape index (κ3) is 7.36. The first-order chi connectivity index (χ1) is 11.7. The molecule has 0 saturated heterocycles. The van der Waals surface area contributed by atoms with E-state index in [1.54, 1.807) is 0 Å². The molecule has 136 valence electrons. The van der Waals surface area contributed by atoms with Gasteiger partial charge < -0.3 is 0 Å². The zero-order valence-corrected chi connectivity index (χ0v) is 16.4. The molecule has 0 fully saturated rings. The summed E-state index contributed by atoms with van der Waals surface area (Å²) in [7, 11) is 0. The van der Waals surface area contributed by atoms with Crippen LogP contribution in [0, 0.1) is 0 Å². The molecule has 2 aromatic carbocycles. The summed E-state index contributed by atoms with van der Waals surface area (Å²) in [5, 5.41) is 0. The fraction of sp³-hybridized carbons (Fsp3) is 0.364.